The van der Waals surface area contributed by atoms with Gasteiger partial charge in [-0.25, -0.2) is 9.97 Å². The maximum Gasteiger partial charge on any atom is 0.224 e. The fraction of sp³-hybridized carbons (Fsp3) is 0.375. The number of aryl methyl sites for hydroxylation is 1. The maximum absolute atomic E-state index is 6.09. The van der Waals surface area contributed by atoms with Crippen LogP contribution < -0.4 is 4.90 Å². The summed E-state index contributed by atoms with van der Waals surface area (Å²) in [4.78, 5) is 11.0. The fourth-order valence-corrected chi connectivity index (χ4v) is 3.35. The van der Waals surface area contributed by atoms with E-state index in [1.807, 2.05) is 19.9 Å². The van der Waals surface area contributed by atoms with E-state index < -0.39 is 0 Å². The van der Waals surface area contributed by atoms with Gasteiger partial charge in [-0.3, -0.25) is 0 Å². The first-order chi connectivity index (χ1) is 9.97. The molecule has 0 bridgehead atoms. The maximum atomic E-state index is 6.09. The number of anilines is 1. The third-order valence-corrected chi connectivity index (χ3v) is 4.66. The number of halogens is 2. The number of hydrogen-bond acceptors (Lipinski definition) is 3. The van der Waals surface area contributed by atoms with Crippen molar-refractivity contribution in [3.63, 3.8) is 0 Å². The van der Waals surface area contributed by atoms with Crippen LogP contribution in [0.4, 0.5) is 5.82 Å². The number of fused-ring (bicyclic) bond motifs is 1. The monoisotopic (exact) mass is 321 g/mol. The first kappa shape index (κ1) is 14.6. The molecule has 0 saturated carbocycles. The molecular formula is C16H17Cl2N3. The lowest BCUT2D eigenvalue weighted by Gasteiger charge is -2.37. The highest BCUT2D eigenvalue weighted by Crippen LogP contribution is 2.35. The quantitative estimate of drug-likeness (QED) is 0.723. The SMILES string of the molecule is Cc1nc(Cl)nc(N2CCc3cc(Cl)ccc3C2C)c1C. The van der Waals surface area contributed by atoms with Crippen molar-refractivity contribution >= 4 is 29.0 Å². The Kier molecular flexibility index (Phi) is 3.80. The Bertz CT molecular complexity index is 700. The minimum absolute atomic E-state index is 0.245. The molecule has 110 valence electrons. The molecule has 1 atom stereocenters. The molecular weight excluding hydrogens is 305 g/mol. The highest BCUT2D eigenvalue weighted by atomic mass is 35.5. The number of nitrogens with zero attached hydrogens (tertiary/aromatic N) is 3. The standard InChI is InChI=1S/C16H17Cl2N3/c1-9-10(2)19-16(18)20-15(9)21-7-6-12-8-13(17)4-5-14(12)11(21)3/h4-5,8,11H,6-7H2,1-3H3. The minimum atomic E-state index is 0.245. The van der Waals surface area contributed by atoms with E-state index in [0.717, 1.165) is 35.1 Å². The third kappa shape index (κ3) is 2.60. The summed E-state index contributed by atoms with van der Waals surface area (Å²) in [6, 6.07) is 6.37. The number of aromatic nitrogens is 2. The van der Waals surface area contributed by atoms with Gasteiger partial charge in [0.2, 0.25) is 5.28 Å². The lowest BCUT2D eigenvalue weighted by Crippen LogP contribution is -2.35. The molecule has 0 spiro atoms. The van der Waals surface area contributed by atoms with Crippen molar-refractivity contribution in [2.24, 2.45) is 0 Å². The van der Waals surface area contributed by atoms with Crippen molar-refractivity contribution in [3.05, 3.63) is 50.9 Å². The summed E-state index contributed by atoms with van der Waals surface area (Å²) in [5.41, 5.74) is 4.64. The molecule has 3 nitrogen and oxygen atoms in total. The van der Waals surface area contributed by atoms with E-state index in [1.165, 1.54) is 11.1 Å². The first-order valence-electron chi connectivity index (χ1n) is 7.03. The number of rotatable bonds is 1. The Morgan fingerprint density at radius 1 is 1.19 bits per heavy atom. The average molecular weight is 322 g/mol. The average Bonchev–Trinajstić information content (AvgIpc) is 2.43. The van der Waals surface area contributed by atoms with Crippen molar-refractivity contribution in [3.8, 4) is 0 Å². The molecule has 1 unspecified atom stereocenters. The highest BCUT2D eigenvalue weighted by molar-refractivity contribution is 6.30. The molecule has 0 amide bonds. The lowest BCUT2D eigenvalue weighted by atomic mass is 9.93. The van der Waals surface area contributed by atoms with Gasteiger partial charge >= 0.3 is 0 Å². The van der Waals surface area contributed by atoms with Crippen molar-refractivity contribution in [2.75, 3.05) is 11.4 Å². The van der Waals surface area contributed by atoms with Crippen LogP contribution in [0, 0.1) is 13.8 Å². The van der Waals surface area contributed by atoms with E-state index in [4.69, 9.17) is 23.2 Å². The summed E-state index contributed by atoms with van der Waals surface area (Å²) in [7, 11) is 0. The Balaban J connectivity index is 2.04. The second-order valence-corrected chi connectivity index (χ2v) is 6.26. The predicted molar refractivity (Wildman–Crippen MR) is 87.4 cm³/mol. The Morgan fingerprint density at radius 3 is 2.71 bits per heavy atom. The largest absolute Gasteiger partial charge is 0.349 e. The van der Waals surface area contributed by atoms with E-state index in [2.05, 4.69) is 33.9 Å². The van der Waals surface area contributed by atoms with Crippen molar-refractivity contribution in [1.29, 1.82) is 0 Å². The summed E-state index contributed by atoms with van der Waals surface area (Å²) in [6.45, 7) is 7.11. The summed E-state index contributed by atoms with van der Waals surface area (Å²) < 4.78 is 0. The molecule has 1 aromatic heterocycles. The zero-order valence-corrected chi connectivity index (χ0v) is 13.8. The van der Waals surface area contributed by atoms with E-state index in [1.54, 1.807) is 0 Å². The number of benzene rings is 1. The minimum Gasteiger partial charge on any atom is -0.349 e. The van der Waals surface area contributed by atoms with Gasteiger partial charge in [-0.15, -0.1) is 0 Å². The molecule has 0 aliphatic carbocycles. The van der Waals surface area contributed by atoms with Gasteiger partial charge in [0.25, 0.3) is 0 Å². The first-order valence-corrected chi connectivity index (χ1v) is 7.78. The molecule has 0 saturated heterocycles. The van der Waals surface area contributed by atoms with Gasteiger partial charge < -0.3 is 4.90 Å². The smallest absolute Gasteiger partial charge is 0.224 e. The van der Waals surface area contributed by atoms with Crippen molar-refractivity contribution in [2.45, 2.75) is 33.2 Å². The molecule has 21 heavy (non-hydrogen) atoms. The van der Waals surface area contributed by atoms with Gasteiger partial charge in [0, 0.05) is 22.8 Å². The van der Waals surface area contributed by atoms with Crippen molar-refractivity contribution < 1.29 is 0 Å². The molecule has 0 N–H and O–H groups in total. The zero-order valence-electron chi connectivity index (χ0n) is 12.3. The number of hydrogen-bond donors (Lipinski definition) is 0. The second-order valence-electron chi connectivity index (χ2n) is 5.49. The van der Waals surface area contributed by atoms with Crippen LogP contribution in [0.1, 0.15) is 35.3 Å². The van der Waals surface area contributed by atoms with E-state index in [-0.39, 0.29) is 6.04 Å². The van der Waals surface area contributed by atoms with Gasteiger partial charge in [-0.2, -0.15) is 0 Å². The predicted octanol–water partition coefficient (Wildman–Crippen LogP) is 4.52. The molecule has 1 aliphatic heterocycles. The van der Waals surface area contributed by atoms with Gasteiger partial charge in [0.05, 0.1) is 6.04 Å². The Morgan fingerprint density at radius 2 is 1.95 bits per heavy atom. The molecule has 3 rings (SSSR count). The van der Waals surface area contributed by atoms with Crippen LogP contribution in [-0.4, -0.2) is 16.5 Å². The van der Waals surface area contributed by atoms with Crippen LogP contribution in [0.15, 0.2) is 18.2 Å². The fourth-order valence-electron chi connectivity index (χ4n) is 2.95. The molecule has 1 aliphatic rings. The Labute approximate surface area is 134 Å². The topological polar surface area (TPSA) is 29.0 Å². The second kappa shape index (κ2) is 5.47. The Hall–Kier alpha value is -1.32. The molecule has 0 radical (unpaired) electrons. The van der Waals surface area contributed by atoms with E-state index >= 15 is 0 Å². The molecule has 2 heterocycles. The van der Waals surface area contributed by atoms with Crippen LogP contribution in [0.25, 0.3) is 0 Å². The van der Waals surface area contributed by atoms with Gasteiger partial charge in [0.1, 0.15) is 5.82 Å². The van der Waals surface area contributed by atoms with Crippen LogP contribution in [0.2, 0.25) is 10.3 Å². The molecule has 0 fully saturated rings. The summed E-state index contributed by atoms with van der Waals surface area (Å²) in [6.07, 6.45) is 0.959. The summed E-state index contributed by atoms with van der Waals surface area (Å²) in [5.74, 6) is 0.931. The van der Waals surface area contributed by atoms with Gasteiger partial charge in [0.15, 0.2) is 0 Å². The van der Waals surface area contributed by atoms with Gasteiger partial charge in [-0.1, -0.05) is 17.7 Å². The molecule has 5 heteroatoms. The van der Waals surface area contributed by atoms with Crippen LogP contribution in [0.3, 0.4) is 0 Å². The van der Waals surface area contributed by atoms with E-state index in [0.29, 0.717) is 5.28 Å². The van der Waals surface area contributed by atoms with Crippen LogP contribution >= 0.6 is 23.2 Å². The lowest BCUT2D eigenvalue weighted by molar-refractivity contribution is 0.614. The van der Waals surface area contributed by atoms with Crippen LogP contribution in [0.5, 0.6) is 0 Å². The zero-order chi connectivity index (χ0) is 15.1. The van der Waals surface area contributed by atoms with Gasteiger partial charge in [-0.05, 0) is 62.1 Å². The molecule has 1 aromatic carbocycles. The molecule has 2 aromatic rings. The highest BCUT2D eigenvalue weighted by Gasteiger charge is 2.26. The normalized spacial score (nSPS) is 17.8. The van der Waals surface area contributed by atoms with Crippen LogP contribution in [-0.2, 0) is 6.42 Å². The van der Waals surface area contributed by atoms with E-state index in [9.17, 15) is 0 Å². The summed E-state index contributed by atoms with van der Waals surface area (Å²) in [5, 5.41) is 1.11. The van der Waals surface area contributed by atoms with Crippen molar-refractivity contribution in [1.82, 2.24) is 9.97 Å². The third-order valence-electron chi connectivity index (χ3n) is 4.25. The summed E-state index contributed by atoms with van der Waals surface area (Å²) >= 11 is 12.1.